The highest BCUT2D eigenvalue weighted by molar-refractivity contribution is 7.89. The van der Waals surface area contributed by atoms with Crippen LogP contribution >= 0.6 is 12.4 Å². The lowest BCUT2D eigenvalue weighted by atomic mass is 9.96. The molecule has 2 N–H and O–H groups in total. The molecular weight excluding hydrogens is 340 g/mol. The molecule has 1 saturated heterocycles. The van der Waals surface area contributed by atoms with Crippen molar-refractivity contribution in [1.29, 1.82) is 0 Å². The van der Waals surface area contributed by atoms with Gasteiger partial charge in [-0.15, -0.1) is 12.4 Å². The summed E-state index contributed by atoms with van der Waals surface area (Å²) in [6, 6.07) is 3.25. The van der Waals surface area contributed by atoms with Crippen LogP contribution in [0.15, 0.2) is 17.0 Å². The first-order chi connectivity index (χ1) is 10.6. The highest BCUT2D eigenvalue weighted by atomic mass is 35.5. The Morgan fingerprint density at radius 1 is 1.30 bits per heavy atom. The molecule has 3 rings (SSSR count). The minimum absolute atomic E-state index is 0. The van der Waals surface area contributed by atoms with Crippen LogP contribution < -0.4 is 19.5 Å². The van der Waals surface area contributed by atoms with Gasteiger partial charge < -0.3 is 14.8 Å². The maximum atomic E-state index is 12.5. The minimum Gasteiger partial charge on any atom is -0.454 e. The lowest BCUT2D eigenvalue weighted by Crippen LogP contribution is -2.33. The van der Waals surface area contributed by atoms with E-state index in [0.29, 0.717) is 29.5 Å². The number of aryl methyl sites for hydroxylation is 1. The Morgan fingerprint density at radius 3 is 2.74 bits per heavy atom. The molecule has 6 nitrogen and oxygen atoms in total. The van der Waals surface area contributed by atoms with Crippen molar-refractivity contribution in [3.8, 4) is 11.5 Å². The van der Waals surface area contributed by atoms with Crippen molar-refractivity contribution >= 4 is 22.4 Å². The van der Waals surface area contributed by atoms with Crippen molar-refractivity contribution in [2.24, 2.45) is 5.92 Å². The van der Waals surface area contributed by atoms with Crippen LogP contribution in [0, 0.1) is 12.8 Å². The molecule has 1 fully saturated rings. The van der Waals surface area contributed by atoms with Crippen molar-refractivity contribution in [3.05, 3.63) is 17.7 Å². The summed E-state index contributed by atoms with van der Waals surface area (Å²) in [5.74, 6) is 1.64. The fraction of sp³-hybridized carbons (Fsp3) is 0.600. The number of hydrogen-bond acceptors (Lipinski definition) is 5. The van der Waals surface area contributed by atoms with E-state index in [1.165, 1.54) is 6.42 Å². The van der Waals surface area contributed by atoms with Gasteiger partial charge >= 0.3 is 0 Å². The number of sulfonamides is 1. The standard InChI is InChI=1S/C15H22N2O4S.ClH/c1-11-7-13-14(21-10-20-13)8-15(11)22(18,19)17-6-4-12-3-2-5-16-9-12;/h7-8,12,16-17H,2-6,9-10H2,1H3;1H. The lowest BCUT2D eigenvalue weighted by Gasteiger charge is -2.22. The molecule has 23 heavy (non-hydrogen) atoms. The summed E-state index contributed by atoms with van der Waals surface area (Å²) in [5, 5.41) is 3.34. The van der Waals surface area contributed by atoms with E-state index in [1.54, 1.807) is 19.1 Å². The molecule has 130 valence electrons. The maximum Gasteiger partial charge on any atom is 0.240 e. The average Bonchev–Trinajstić information content (AvgIpc) is 2.94. The number of piperidine rings is 1. The summed E-state index contributed by atoms with van der Waals surface area (Å²) >= 11 is 0. The quantitative estimate of drug-likeness (QED) is 0.835. The van der Waals surface area contributed by atoms with Crippen molar-refractivity contribution in [3.63, 3.8) is 0 Å². The third-order valence-corrected chi connectivity index (χ3v) is 5.81. The number of nitrogens with one attached hydrogen (secondary N) is 2. The van der Waals surface area contributed by atoms with Crippen LogP contribution in [0.4, 0.5) is 0 Å². The number of ether oxygens (including phenoxy) is 2. The molecule has 2 aliphatic heterocycles. The first-order valence-electron chi connectivity index (χ1n) is 7.67. The molecule has 0 spiro atoms. The number of halogens is 1. The van der Waals surface area contributed by atoms with Gasteiger partial charge in [-0.25, -0.2) is 13.1 Å². The molecule has 0 bridgehead atoms. The zero-order valence-corrected chi connectivity index (χ0v) is 14.8. The smallest absolute Gasteiger partial charge is 0.240 e. The normalized spacial score (nSPS) is 20.1. The minimum atomic E-state index is -3.52. The van der Waals surface area contributed by atoms with Crippen molar-refractivity contribution < 1.29 is 17.9 Å². The summed E-state index contributed by atoms with van der Waals surface area (Å²) in [6.07, 6.45) is 3.19. The zero-order chi connectivity index (χ0) is 15.6. The van der Waals surface area contributed by atoms with E-state index < -0.39 is 10.0 Å². The van der Waals surface area contributed by atoms with Crippen LogP contribution in [0.3, 0.4) is 0 Å². The average molecular weight is 363 g/mol. The van der Waals surface area contributed by atoms with Gasteiger partial charge in [-0.1, -0.05) is 0 Å². The zero-order valence-electron chi connectivity index (χ0n) is 13.1. The fourth-order valence-corrected chi connectivity index (χ4v) is 4.25. The Morgan fingerprint density at radius 2 is 2.04 bits per heavy atom. The number of fused-ring (bicyclic) bond motifs is 1. The van der Waals surface area contributed by atoms with Gasteiger partial charge in [-0.05, 0) is 56.8 Å². The van der Waals surface area contributed by atoms with E-state index in [1.807, 2.05) is 0 Å². The highest BCUT2D eigenvalue weighted by Gasteiger charge is 2.23. The predicted octanol–water partition coefficient (Wildman–Crippen LogP) is 1.81. The third-order valence-electron chi connectivity index (χ3n) is 4.20. The van der Waals surface area contributed by atoms with Gasteiger partial charge in [-0.3, -0.25) is 0 Å². The molecular formula is C15H23ClN2O4S. The summed E-state index contributed by atoms with van der Waals surface area (Å²) < 4.78 is 38.2. The van der Waals surface area contributed by atoms with E-state index in [9.17, 15) is 8.42 Å². The molecule has 1 aromatic carbocycles. The second-order valence-electron chi connectivity index (χ2n) is 5.87. The van der Waals surface area contributed by atoms with Crippen molar-refractivity contribution in [1.82, 2.24) is 10.0 Å². The Hall–Kier alpha value is -1.02. The molecule has 0 amide bonds. The fourth-order valence-electron chi connectivity index (χ4n) is 2.96. The van der Waals surface area contributed by atoms with Crippen LogP contribution in [0.25, 0.3) is 0 Å². The van der Waals surface area contributed by atoms with Gasteiger partial charge in [-0.2, -0.15) is 0 Å². The van der Waals surface area contributed by atoms with E-state index in [2.05, 4.69) is 10.0 Å². The van der Waals surface area contributed by atoms with Crippen LogP contribution in [-0.2, 0) is 10.0 Å². The topological polar surface area (TPSA) is 76.7 Å². The summed E-state index contributed by atoms with van der Waals surface area (Å²) in [4.78, 5) is 0.263. The molecule has 1 atom stereocenters. The number of benzene rings is 1. The van der Waals surface area contributed by atoms with Gasteiger partial charge in [0.1, 0.15) is 0 Å². The number of rotatable bonds is 5. The molecule has 0 aliphatic carbocycles. The Bertz CT molecular complexity index is 645. The van der Waals surface area contributed by atoms with Crippen LogP contribution in [-0.4, -0.2) is 34.8 Å². The molecule has 0 aromatic heterocycles. The molecule has 0 saturated carbocycles. The first kappa shape index (κ1) is 18.3. The predicted molar refractivity (Wildman–Crippen MR) is 89.9 cm³/mol. The van der Waals surface area contributed by atoms with E-state index in [-0.39, 0.29) is 24.1 Å². The maximum absolute atomic E-state index is 12.5. The van der Waals surface area contributed by atoms with E-state index >= 15 is 0 Å². The summed E-state index contributed by atoms with van der Waals surface area (Å²) in [6.45, 7) is 4.41. The van der Waals surface area contributed by atoms with Gasteiger partial charge in [0, 0.05) is 12.6 Å². The Labute approximate surface area is 143 Å². The first-order valence-corrected chi connectivity index (χ1v) is 9.15. The Kier molecular flexibility index (Phi) is 6.13. The second-order valence-corrected chi connectivity index (χ2v) is 7.61. The monoisotopic (exact) mass is 362 g/mol. The van der Waals surface area contributed by atoms with Gasteiger partial charge in [0.15, 0.2) is 11.5 Å². The van der Waals surface area contributed by atoms with Gasteiger partial charge in [0.25, 0.3) is 0 Å². The molecule has 2 aliphatic rings. The van der Waals surface area contributed by atoms with Crippen LogP contribution in [0.5, 0.6) is 11.5 Å². The second kappa shape index (κ2) is 7.70. The van der Waals surface area contributed by atoms with Crippen molar-refractivity contribution in [2.45, 2.75) is 31.1 Å². The highest BCUT2D eigenvalue weighted by Crippen LogP contribution is 2.36. The molecule has 8 heteroatoms. The van der Waals surface area contributed by atoms with Crippen LogP contribution in [0.1, 0.15) is 24.8 Å². The van der Waals surface area contributed by atoms with Crippen molar-refractivity contribution in [2.75, 3.05) is 26.4 Å². The van der Waals surface area contributed by atoms with Gasteiger partial charge in [0.2, 0.25) is 16.8 Å². The summed E-state index contributed by atoms with van der Waals surface area (Å²) in [5.41, 5.74) is 0.663. The van der Waals surface area contributed by atoms with E-state index in [4.69, 9.17) is 9.47 Å². The van der Waals surface area contributed by atoms with Gasteiger partial charge in [0.05, 0.1) is 4.90 Å². The van der Waals surface area contributed by atoms with E-state index in [0.717, 1.165) is 25.9 Å². The molecule has 1 aromatic rings. The lowest BCUT2D eigenvalue weighted by molar-refractivity contribution is 0.174. The number of hydrogen-bond donors (Lipinski definition) is 2. The largest absolute Gasteiger partial charge is 0.454 e. The molecule has 0 radical (unpaired) electrons. The summed E-state index contributed by atoms with van der Waals surface area (Å²) in [7, 11) is -3.52. The third kappa shape index (κ3) is 4.29. The SMILES string of the molecule is Cc1cc2c(cc1S(=O)(=O)NCCC1CCCNC1)OCO2.Cl. The molecule has 1 unspecified atom stereocenters. The Balaban J connectivity index is 0.00000192. The molecule has 2 heterocycles. The van der Waals surface area contributed by atoms with Crippen LogP contribution in [0.2, 0.25) is 0 Å².